The topological polar surface area (TPSA) is 67.4 Å². The number of carbonyl (C=O) groups excluding carboxylic acids is 2. The Labute approximate surface area is 77.8 Å². The highest BCUT2D eigenvalue weighted by molar-refractivity contribution is 5.83. The number of hydrogen-bond donors (Lipinski definition) is 2. The number of nitrogens with one attached hydrogen (secondary N) is 2. The number of carbonyl (C=O) groups is 2. The molecule has 0 saturated heterocycles. The number of rotatable bonds is 3. The Kier molecular flexibility index (Phi) is 4.87. The van der Waals surface area contributed by atoms with Gasteiger partial charge in [0.25, 0.3) is 0 Å². The molecule has 1 unspecified atom stereocenters. The molecule has 2 N–H and O–H groups in total. The lowest BCUT2D eigenvalue weighted by Crippen LogP contribution is -2.48. The van der Waals surface area contributed by atoms with Crippen molar-refractivity contribution >= 4 is 12.0 Å². The van der Waals surface area contributed by atoms with E-state index in [9.17, 15) is 9.59 Å². The third-order valence-corrected chi connectivity index (χ3v) is 1.64. The monoisotopic (exact) mass is 188 g/mol. The van der Waals surface area contributed by atoms with Crippen LogP contribution in [0.15, 0.2) is 0 Å². The Morgan fingerprint density at radius 1 is 1.31 bits per heavy atom. The molecule has 5 heteroatoms. The van der Waals surface area contributed by atoms with Crippen molar-refractivity contribution in [2.24, 2.45) is 5.92 Å². The first-order chi connectivity index (χ1) is 6.02. The van der Waals surface area contributed by atoms with Crippen molar-refractivity contribution in [3.8, 4) is 0 Å². The van der Waals surface area contributed by atoms with E-state index in [2.05, 4.69) is 15.4 Å². The fraction of sp³-hybridized carbons (Fsp3) is 0.750. The highest BCUT2D eigenvalue weighted by Gasteiger charge is 2.24. The third kappa shape index (κ3) is 3.78. The summed E-state index contributed by atoms with van der Waals surface area (Å²) in [5.74, 6) is -0.427. The summed E-state index contributed by atoms with van der Waals surface area (Å²) in [4.78, 5) is 22.1. The van der Waals surface area contributed by atoms with Crippen LogP contribution < -0.4 is 10.6 Å². The van der Waals surface area contributed by atoms with Crippen molar-refractivity contribution in [3.05, 3.63) is 0 Å². The van der Waals surface area contributed by atoms with Crippen LogP contribution in [0.5, 0.6) is 0 Å². The molecule has 13 heavy (non-hydrogen) atoms. The Bertz CT molecular complexity index is 192. The van der Waals surface area contributed by atoms with Crippen LogP contribution in [0.2, 0.25) is 0 Å². The van der Waals surface area contributed by atoms with Gasteiger partial charge < -0.3 is 15.4 Å². The number of urea groups is 1. The van der Waals surface area contributed by atoms with Crippen molar-refractivity contribution in [2.75, 3.05) is 14.2 Å². The molecule has 0 heterocycles. The zero-order valence-electron chi connectivity index (χ0n) is 8.38. The van der Waals surface area contributed by atoms with E-state index in [1.165, 1.54) is 14.2 Å². The van der Waals surface area contributed by atoms with E-state index < -0.39 is 12.0 Å². The van der Waals surface area contributed by atoms with E-state index in [0.29, 0.717) is 0 Å². The molecule has 0 radical (unpaired) electrons. The SMILES string of the molecule is CNC(=O)NC(C(=O)OC)C(C)C. The summed E-state index contributed by atoms with van der Waals surface area (Å²) in [6.07, 6.45) is 0. The summed E-state index contributed by atoms with van der Waals surface area (Å²) in [5, 5.41) is 4.86. The highest BCUT2D eigenvalue weighted by atomic mass is 16.5. The Hall–Kier alpha value is -1.26. The fourth-order valence-electron chi connectivity index (χ4n) is 0.838. The first-order valence-corrected chi connectivity index (χ1v) is 4.09. The number of methoxy groups -OCH3 is 1. The Morgan fingerprint density at radius 2 is 1.85 bits per heavy atom. The first-order valence-electron chi connectivity index (χ1n) is 4.09. The highest BCUT2D eigenvalue weighted by Crippen LogP contribution is 2.02. The molecule has 0 aromatic rings. The second-order valence-electron chi connectivity index (χ2n) is 2.97. The summed E-state index contributed by atoms with van der Waals surface area (Å²) < 4.78 is 4.54. The maximum absolute atomic E-state index is 11.1. The third-order valence-electron chi connectivity index (χ3n) is 1.64. The van der Waals surface area contributed by atoms with E-state index in [4.69, 9.17) is 0 Å². The largest absolute Gasteiger partial charge is 0.467 e. The van der Waals surface area contributed by atoms with Gasteiger partial charge in [0.05, 0.1) is 7.11 Å². The fourth-order valence-corrected chi connectivity index (χ4v) is 0.838. The molecule has 76 valence electrons. The van der Waals surface area contributed by atoms with Gasteiger partial charge in [-0.15, -0.1) is 0 Å². The average Bonchev–Trinajstić information content (AvgIpc) is 2.11. The van der Waals surface area contributed by atoms with Crippen molar-refractivity contribution in [2.45, 2.75) is 19.9 Å². The molecule has 2 amide bonds. The van der Waals surface area contributed by atoms with Gasteiger partial charge in [0.1, 0.15) is 6.04 Å². The van der Waals surface area contributed by atoms with E-state index in [1.807, 2.05) is 13.8 Å². The van der Waals surface area contributed by atoms with Gasteiger partial charge in [-0.1, -0.05) is 13.8 Å². The van der Waals surface area contributed by atoms with E-state index >= 15 is 0 Å². The molecule has 0 spiro atoms. The van der Waals surface area contributed by atoms with Crippen molar-refractivity contribution in [1.82, 2.24) is 10.6 Å². The van der Waals surface area contributed by atoms with Gasteiger partial charge in [-0.25, -0.2) is 9.59 Å². The van der Waals surface area contributed by atoms with Crippen LogP contribution in [-0.2, 0) is 9.53 Å². The van der Waals surface area contributed by atoms with Crippen LogP contribution in [0, 0.1) is 5.92 Å². The first kappa shape index (κ1) is 11.7. The normalized spacial score (nSPS) is 12.1. The molecule has 0 aromatic carbocycles. The van der Waals surface area contributed by atoms with Gasteiger partial charge in [0.15, 0.2) is 0 Å². The molecule has 0 aliphatic carbocycles. The van der Waals surface area contributed by atoms with Crippen LogP contribution in [0.3, 0.4) is 0 Å². The minimum Gasteiger partial charge on any atom is -0.467 e. The summed E-state index contributed by atoms with van der Waals surface area (Å²) in [6, 6.07) is -0.978. The standard InChI is InChI=1S/C8H16N2O3/c1-5(2)6(7(11)13-4)10-8(12)9-3/h5-6H,1-4H3,(H2,9,10,12). The zero-order valence-corrected chi connectivity index (χ0v) is 8.38. The van der Waals surface area contributed by atoms with Crippen molar-refractivity contribution in [1.29, 1.82) is 0 Å². The molecule has 0 rings (SSSR count). The van der Waals surface area contributed by atoms with Crippen LogP contribution in [0.1, 0.15) is 13.8 Å². The average molecular weight is 188 g/mol. The molecular formula is C8H16N2O3. The maximum atomic E-state index is 11.1. The second-order valence-corrected chi connectivity index (χ2v) is 2.97. The van der Waals surface area contributed by atoms with Gasteiger partial charge in [-0.2, -0.15) is 0 Å². The van der Waals surface area contributed by atoms with Crippen LogP contribution in [0.4, 0.5) is 4.79 Å². The summed E-state index contributed by atoms with van der Waals surface area (Å²) in [5.41, 5.74) is 0. The number of ether oxygens (including phenoxy) is 1. The minimum atomic E-state index is -0.593. The zero-order chi connectivity index (χ0) is 10.4. The quantitative estimate of drug-likeness (QED) is 0.618. The van der Waals surface area contributed by atoms with Crippen LogP contribution in [0.25, 0.3) is 0 Å². The van der Waals surface area contributed by atoms with Gasteiger partial charge >= 0.3 is 12.0 Å². The molecule has 5 nitrogen and oxygen atoms in total. The summed E-state index contributed by atoms with van der Waals surface area (Å²) >= 11 is 0. The number of hydrogen-bond acceptors (Lipinski definition) is 3. The lowest BCUT2D eigenvalue weighted by atomic mass is 10.1. The van der Waals surface area contributed by atoms with Crippen molar-refractivity contribution in [3.63, 3.8) is 0 Å². The number of amides is 2. The van der Waals surface area contributed by atoms with Gasteiger partial charge in [0, 0.05) is 7.05 Å². The lowest BCUT2D eigenvalue weighted by Gasteiger charge is -2.19. The van der Waals surface area contributed by atoms with Gasteiger partial charge in [-0.05, 0) is 5.92 Å². The predicted molar refractivity (Wildman–Crippen MR) is 48.2 cm³/mol. The number of esters is 1. The van der Waals surface area contributed by atoms with Gasteiger partial charge in [0.2, 0.25) is 0 Å². The van der Waals surface area contributed by atoms with E-state index in [1.54, 1.807) is 0 Å². The smallest absolute Gasteiger partial charge is 0.328 e. The maximum Gasteiger partial charge on any atom is 0.328 e. The van der Waals surface area contributed by atoms with Crippen molar-refractivity contribution < 1.29 is 14.3 Å². The van der Waals surface area contributed by atoms with E-state index in [0.717, 1.165) is 0 Å². The summed E-state index contributed by atoms with van der Waals surface area (Å²) in [6.45, 7) is 3.66. The molecule has 0 fully saturated rings. The molecule has 0 saturated carbocycles. The molecule has 1 atom stereocenters. The molecular weight excluding hydrogens is 172 g/mol. The molecule has 0 aliphatic rings. The summed E-state index contributed by atoms with van der Waals surface area (Å²) in [7, 11) is 2.78. The second kappa shape index (κ2) is 5.40. The van der Waals surface area contributed by atoms with Crippen LogP contribution in [-0.4, -0.2) is 32.2 Å². The van der Waals surface area contributed by atoms with Crippen LogP contribution >= 0.6 is 0 Å². The predicted octanol–water partition coefficient (Wildman–Crippen LogP) is 0.113. The Balaban J connectivity index is 4.26. The molecule has 0 aliphatic heterocycles. The minimum absolute atomic E-state index is 0.00440. The van der Waals surface area contributed by atoms with Gasteiger partial charge in [-0.3, -0.25) is 0 Å². The molecule has 0 aromatic heterocycles. The molecule has 0 bridgehead atoms. The van der Waals surface area contributed by atoms with E-state index in [-0.39, 0.29) is 11.9 Å². The Morgan fingerprint density at radius 3 is 2.15 bits per heavy atom. The lowest BCUT2D eigenvalue weighted by molar-refractivity contribution is -0.143.